The first kappa shape index (κ1) is 26.6. The van der Waals surface area contributed by atoms with Gasteiger partial charge in [0, 0.05) is 17.6 Å². The molecule has 190 valence electrons. The van der Waals surface area contributed by atoms with Crippen LogP contribution in [0.5, 0.6) is 0 Å². The minimum Gasteiger partial charge on any atom is -0.478 e. The number of hydrogen-bond acceptors (Lipinski definition) is 3. The molecule has 3 aromatic rings. The van der Waals surface area contributed by atoms with Crippen molar-refractivity contribution in [3.63, 3.8) is 0 Å². The van der Waals surface area contributed by atoms with E-state index < -0.39 is 16.0 Å². The van der Waals surface area contributed by atoms with Crippen LogP contribution < -0.4 is 0 Å². The molecule has 0 unspecified atom stereocenters. The van der Waals surface area contributed by atoms with Crippen LogP contribution in [0.1, 0.15) is 60.0 Å². The second-order valence-corrected chi connectivity index (χ2v) is 12.4. The zero-order valence-electron chi connectivity index (χ0n) is 20.5. The van der Waals surface area contributed by atoms with Gasteiger partial charge in [0.2, 0.25) is 10.0 Å². The fourth-order valence-electron chi connectivity index (χ4n) is 5.02. The normalized spacial score (nSPS) is 14.8. The van der Waals surface area contributed by atoms with E-state index in [0.29, 0.717) is 18.0 Å². The van der Waals surface area contributed by atoms with Crippen LogP contribution in [0.4, 0.5) is 0 Å². The maximum atomic E-state index is 13.7. The van der Waals surface area contributed by atoms with Crippen LogP contribution in [0, 0.1) is 12.8 Å². The minimum atomic E-state index is -3.73. The maximum absolute atomic E-state index is 13.7. The number of halogens is 1. The standard InChI is InChI=1S/C29H32BrNO4S/c1-21-7-5-6-10-26(21)28-19-23(11-16-27(28)29(32)33)20-31(18-17-22-8-3-2-4-9-22)36(34,35)25-14-12-24(30)13-15-25/h5-7,10-16,19,22H,2-4,8-9,17-18,20H2,1H3,(H,32,33). The molecule has 0 radical (unpaired) electrons. The molecule has 1 fully saturated rings. The minimum absolute atomic E-state index is 0.184. The molecule has 0 spiro atoms. The molecule has 3 aromatic carbocycles. The van der Waals surface area contributed by atoms with Crippen molar-refractivity contribution < 1.29 is 18.3 Å². The summed E-state index contributed by atoms with van der Waals surface area (Å²) >= 11 is 3.38. The second kappa shape index (κ2) is 11.7. The van der Waals surface area contributed by atoms with Crippen molar-refractivity contribution in [2.75, 3.05) is 6.54 Å². The summed E-state index contributed by atoms with van der Waals surface area (Å²) in [5.41, 5.74) is 3.38. The van der Waals surface area contributed by atoms with Crippen molar-refractivity contribution in [1.82, 2.24) is 4.31 Å². The Morgan fingerprint density at radius 1 is 0.972 bits per heavy atom. The average molecular weight is 571 g/mol. The predicted octanol–water partition coefficient (Wildman–Crippen LogP) is 7.28. The summed E-state index contributed by atoms with van der Waals surface area (Å²) in [4.78, 5) is 12.2. The van der Waals surface area contributed by atoms with Gasteiger partial charge < -0.3 is 5.11 Å². The van der Waals surface area contributed by atoms with Crippen LogP contribution >= 0.6 is 15.9 Å². The molecule has 0 amide bonds. The van der Waals surface area contributed by atoms with Crippen molar-refractivity contribution in [1.29, 1.82) is 0 Å². The van der Waals surface area contributed by atoms with Crippen molar-refractivity contribution in [3.05, 3.63) is 87.9 Å². The maximum Gasteiger partial charge on any atom is 0.336 e. The lowest BCUT2D eigenvalue weighted by Crippen LogP contribution is -2.33. The van der Waals surface area contributed by atoms with Crippen molar-refractivity contribution in [3.8, 4) is 11.1 Å². The number of rotatable bonds is 9. The van der Waals surface area contributed by atoms with Crippen LogP contribution in [0.25, 0.3) is 11.1 Å². The quantitative estimate of drug-likeness (QED) is 0.293. The van der Waals surface area contributed by atoms with E-state index >= 15 is 0 Å². The van der Waals surface area contributed by atoms with Gasteiger partial charge >= 0.3 is 5.97 Å². The van der Waals surface area contributed by atoms with Gasteiger partial charge in [-0.15, -0.1) is 0 Å². The van der Waals surface area contributed by atoms with E-state index in [1.165, 1.54) is 19.3 Å². The van der Waals surface area contributed by atoms with Crippen LogP contribution in [0.2, 0.25) is 0 Å². The zero-order chi connectivity index (χ0) is 25.7. The van der Waals surface area contributed by atoms with Gasteiger partial charge in [-0.1, -0.05) is 78.4 Å². The molecule has 0 saturated heterocycles. The Morgan fingerprint density at radius 3 is 2.33 bits per heavy atom. The summed E-state index contributed by atoms with van der Waals surface area (Å²) < 4.78 is 29.8. The summed E-state index contributed by atoms with van der Waals surface area (Å²) in [6.45, 7) is 2.56. The van der Waals surface area contributed by atoms with Gasteiger partial charge in [-0.25, -0.2) is 13.2 Å². The lowest BCUT2D eigenvalue weighted by atomic mass is 9.87. The summed E-state index contributed by atoms with van der Waals surface area (Å²) in [7, 11) is -3.73. The van der Waals surface area contributed by atoms with Gasteiger partial charge in [-0.3, -0.25) is 0 Å². The average Bonchev–Trinajstić information content (AvgIpc) is 2.87. The SMILES string of the molecule is Cc1ccccc1-c1cc(CN(CCC2CCCCC2)S(=O)(=O)c2ccc(Br)cc2)ccc1C(=O)O. The molecule has 7 heteroatoms. The van der Waals surface area contributed by atoms with E-state index in [-0.39, 0.29) is 17.0 Å². The van der Waals surface area contributed by atoms with Gasteiger partial charge in [-0.05, 0) is 77.9 Å². The van der Waals surface area contributed by atoms with Crippen molar-refractivity contribution in [2.24, 2.45) is 5.92 Å². The molecule has 1 saturated carbocycles. The second-order valence-electron chi connectivity index (χ2n) is 9.59. The number of benzene rings is 3. The lowest BCUT2D eigenvalue weighted by Gasteiger charge is -2.27. The molecule has 0 aliphatic heterocycles. The zero-order valence-corrected chi connectivity index (χ0v) is 22.9. The van der Waals surface area contributed by atoms with Crippen LogP contribution in [-0.4, -0.2) is 30.3 Å². The van der Waals surface area contributed by atoms with Gasteiger partial charge in [-0.2, -0.15) is 4.31 Å². The number of aryl methyl sites for hydroxylation is 1. The molecule has 0 bridgehead atoms. The highest BCUT2D eigenvalue weighted by Gasteiger charge is 2.27. The Hall–Kier alpha value is -2.48. The van der Waals surface area contributed by atoms with E-state index in [2.05, 4.69) is 15.9 Å². The number of aromatic carboxylic acids is 1. The highest BCUT2D eigenvalue weighted by Crippen LogP contribution is 2.31. The molecule has 1 N–H and O–H groups in total. The molecule has 0 aromatic heterocycles. The van der Waals surface area contributed by atoms with E-state index in [0.717, 1.165) is 40.4 Å². The summed E-state index contributed by atoms with van der Waals surface area (Å²) in [5.74, 6) is -0.463. The summed E-state index contributed by atoms with van der Waals surface area (Å²) in [6.07, 6.45) is 6.80. The van der Waals surface area contributed by atoms with Gasteiger partial charge in [0.05, 0.1) is 10.5 Å². The van der Waals surface area contributed by atoms with E-state index in [1.807, 2.05) is 37.3 Å². The number of carboxylic acid groups (broad SMARTS) is 1. The third-order valence-corrected chi connectivity index (χ3v) is 9.46. The Balaban J connectivity index is 1.69. The first-order valence-corrected chi connectivity index (χ1v) is 14.7. The molecule has 5 nitrogen and oxygen atoms in total. The Labute approximate surface area is 222 Å². The fourth-order valence-corrected chi connectivity index (χ4v) is 6.73. The number of hydrogen-bond donors (Lipinski definition) is 1. The van der Waals surface area contributed by atoms with Crippen molar-refractivity contribution in [2.45, 2.75) is 56.9 Å². The number of carbonyl (C=O) groups is 1. The first-order chi connectivity index (χ1) is 17.3. The van der Waals surface area contributed by atoms with Crippen LogP contribution in [0.15, 0.2) is 76.1 Å². The molecular formula is C29H32BrNO4S. The largest absolute Gasteiger partial charge is 0.478 e. The Kier molecular flexibility index (Phi) is 8.65. The van der Waals surface area contributed by atoms with Gasteiger partial charge in [0.1, 0.15) is 0 Å². The highest BCUT2D eigenvalue weighted by atomic mass is 79.9. The summed E-state index contributed by atoms with van der Waals surface area (Å²) in [5, 5.41) is 9.81. The molecule has 0 heterocycles. The third kappa shape index (κ3) is 6.25. The lowest BCUT2D eigenvalue weighted by molar-refractivity contribution is 0.0697. The van der Waals surface area contributed by atoms with Crippen LogP contribution in [-0.2, 0) is 16.6 Å². The predicted molar refractivity (Wildman–Crippen MR) is 147 cm³/mol. The molecule has 1 aliphatic rings. The molecule has 0 atom stereocenters. The fraction of sp³-hybridized carbons (Fsp3) is 0.345. The van der Waals surface area contributed by atoms with E-state index in [4.69, 9.17) is 0 Å². The Morgan fingerprint density at radius 2 is 1.67 bits per heavy atom. The molecular weight excluding hydrogens is 538 g/mol. The van der Waals surface area contributed by atoms with Gasteiger partial charge in [0.25, 0.3) is 0 Å². The smallest absolute Gasteiger partial charge is 0.336 e. The van der Waals surface area contributed by atoms with Crippen LogP contribution in [0.3, 0.4) is 0 Å². The monoisotopic (exact) mass is 569 g/mol. The number of nitrogens with zero attached hydrogens (tertiary/aromatic N) is 1. The van der Waals surface area contributed by atoms with E-state index in [9.17, 15) is 18.3 Å². The highest BCUT2D eigenvalue weighted by molar-refractivity contribution is 9.10. The molecule has 1 aliphatic carbocycles. The molecule has 36 heavy (non-hydrogen) atoms. The van der Waals surface area contributed by atoms with E-state index in [1.54, 1.807) is 40.7 Å². The molecule has 4 rings (SSSR count). The number of sulfonamides is 1. The van der Waals surface area contributed by atoms with Crippen molar-refractivity contribution >= 4 is 31.9 Å². The topological polar surface area (TPSA) is 74.7 Å². The third-order valence-electron chi connectivity index (χ3n) is 7.07. The number of carboxylic acids is 1. The Bertz CT molecular complexity index is 1320. The van der Waals surface area contributed by atoms with Gasteiger partial charge in [0.15, 0.2) is 0 Å². The summed E-state index contributed by atoms with van der Waals surface area (Å²) in [6, 6.07) is 19.5. The first-order valence-electron chi connectivity index (χ1n) is 12.4.